The number of amides is 2. The third kappa shape index (κ3) is 5.26. The van der Waals surface area contributed by atoms with Crippen molar-refractivity contribution in [3.8, 4) is 11.5 Å². The van der Waals surface area contributed by atoms with Crippen LogP contribution in [-0.2, 0) is 4.79 Å². The molecule has 2 aromatic carbocycles. The highest BCUT2D eigenvalue weighted by Gasteiger charge is 2.09. The van der Waals surface area contributed by atoms with Crippen LogP contribution in [0.3, 0.4) is 0 Å². The molecule has 0 saturated carbocycles. The molecule has 0 heterocycles. The second-order valence-electron chi connectivity index (χ2n) is 4.90. The molecule has 0 bridgehead atoms. The van der Waals surface area contributed by atoms with Crippen molar-refractivity contribution in [2.24, 2.45) is 0 Å². The van der Waals surface area contributed by atoms with Crippen molar-refractivity contribution in [1.29, 1.82) is 0 Å². The van der Waals surface area contributed by atoms with Crippen molar-refractivity contribution in [2.45, 2.75) is 0 Å². The number of carbonyl (C=O) groups is 2. The van der Waals surface area contributed by atoms with Crippen molar-refractivity contribution >= 4 is 29.5 Å². The molecular formula is C18H17ClN2O4. The molecule has 2 rings (SSSR count). The standard InChI is InChI=1S/C18H17ClN2O4/c1-24-13-9-12(10-14(11-13)25-2)7-8-17(22)20-21-18(23)15-5-3-4-6-16(15)19/h3-11H,1-2H3,(H,20,22)(H,21,23)/b8-7+. The molecule has 0 radical (unpaired) electrons. The molecule has 0 atom stereocenters. The van der Waals surface area contributed by atoms with Gasteiger partial charge in [0, 0.05) is 12.1 Å². The van der Waals surface area contributed by atoms with Crippen LogP contribution in [0.1, 0.15) is 15.9 Å². The topological polar surface area (TPSA) is 76.7 Å². The lowest BCUT2D eigenvalue weighted by Crippen LogP contribution is -2.40. The minimum absolute atomic E-state index is 0.269. The van der Waals surface area contributed by atoms with Crippen molar-refractivity contribution in [3.63, 3.8) is 0 Å². The number of ether oxygens (including phenoxy) is 2. The van der Waals surface area contributed by atoms with E-state index in [1.807, 2.05) is 0 Å². The first-order chi connectivity index (χ1) is 12.0. The summed E-state index contributed by atoms with van der Waals surface area (Å²) in [7, 11) is 3.08. The van der Waals surface area contributed by atoms with Gasteiger partial charge in [-0.3, -0.25) is 20.4 Å². The number of hydrazine groups is 1. The number of carbonyl (C=O) groups excluding carboxylic acids is 2. The first-order valence-electron chi connectivity index (χ1n) is 7.29. The van der Waals surface area contributed by atoms with Crippen LogP contribution in [-0.4, -0.2) is 26.0 Å². The number of halogens is 1. The van der Waals surface area contributed by atoms with E-state index < -0.39 is 11.8 Å². The molecule has 25 heavy (non-hydrogen) atoms. The lowest BCUT2D eigenvalue weighted by Gasteiger charge is -2.07. The summed E-state index contributed by atoms with van der Waals surface area (Å²) in [4.78, 5) is 23.8. The zero-order valence-corrected chi connectivity index (χ0v) is 14.5. The minimum atomic E-state index is -0.504. The number of hydrogen-bond acceptors (Lipinski definition) is 4. The quantitative estimate of drug-likeness (QED) is 0.635. The molecule has 6 nitrogen and oxygen atoms in total. The van der Waals surface area contributed by atoms with E-state index in [0.29, 0.717) is 22.1 Å². The zero-order valence-electron chi connectivity index (χ0n) is 13.7. The third-order valence-corrected chi connectivity index (χ3v) is 3.55. The summed E-state index contributed by atoms with van der Waals surface area (Å²) < 4.78 is 10.3. The van der Waals surface area contributed by atoms with Crippen molar-refractivity contribution in [1.82, 2.24) is 10.9 Å². The molecule has 7 heteroatoms. The Morgan fingerprint density at radius 1 is 1.00 bits per heavy atom. The number of rotatable bonds is 5. The van der Waals surface area contributed by atoms with E-state index in [1.54, 1.807) is 62.8 Å². The van der Waals surface area contributed by atoms with Crippen molar-refractivity contribution < 1.29 is 19.1 Å². The number of nitrogens with one attached hydrogen (secondary N) is 2. The summed E-state index contributed by atoms with van der Waals surface area (Å²) >= 11 is 5.92. The Bertz CT molecular complexity index is 783. The first kappa shape index (κ1) is 18.4. The van der Waals surface area contributed by atoms with E-state index in [4.69, 9.17) is 21.1 Å². The number of benzene rings is 2. The van der Waals surface area contributed by atoms with E-state index in [2.05, 4.69) is 10.9 Å². The second-order valence-corrected chi connectivity index (χ2v) is 5.31. The van der Waals surface area contributed by atoms with Gasteiger partial charge >= 0.3 is 0 Å². The average molecular weight is 361 g/mol. The predicted octanol–water partition coefficient (Wildman–Crippen LogP) is 2.83. The molecular weight excluding hydrogens is 344 g/mol. The molecule has 2 aromatic rings. The smallest absolute Gasteiger partial charge is 0.271 e. The largest absolute Gasteiger partial charge is 0.497 e. The van der Waals surface area contributed by atoms with Crippen LogP contribution in [0.4, 0.5) is 0 Å². The summed E-state index contributed by atoms with van der Waals surface area (Å²) in [6.07, 6.45) is 2.85. The molecule has 0 spiro atoms. The van der Waals surface area contributed by atoms with Gasteiger partial charge in [0.1, 0.15) is 11.5 Å². The fourth-order valence-corrected chi connectivity index (χ4v) is 2.19. The maximum atomic E-state index is 11.9. The van der Waals surface area contributed by atoms with Crippen LogP contribution in [0.5, 0.6) is 11.5 Å². The predicted molar refractivity (Wildman–Crippen MR) is 95.6 cm³/mol. The second kappa shape index (κ2) is 8.75. The van der Waals surface area contributed by atoms with E-state index in [0.717, 1.165) is 0 Å². The highest BCUT2D eigenvalue weighted by Crippen LogP contribution is 2.23. The fraction of sp³-hybridized carbons (Fsp3) is 0.111. The lowest BCUT2D eigenvalue weighted by atomic mass is 10.2. The molecule has 2 amide bonds. The van der Waals surface area contributed by atoms with Crippen LogP contribution in [0.25, 0.3) is 6.08 Å². The Morgan fingerprint density at radius 3 is 2.24 bits per heavy atom. The lowest BCUT2D eigenvalue weighted by molar-refractivity contribution is -0.117. The SMILES string of the molecule is COc1cc(/C=C/C(=O)NNC(=O)c2ccccc2Cl)cc(OC)c1. The molecule has 0 aliphatic heterocycles. The Kier molecular flexibility index (Phi) is 6.42. The maximum Gasteiger partial charge on any atom is 0.271 e. The van der Waals surface area contributed by atoms with E-state index in [-0.39, 0.29) is 5.56 Å². The van der Waals surface area contributed by atoms with E-state index in [9.17, 15) is 9.59 Å². The molecule has 0 fully saturated rings. The zero-order chi connectivity index (χ0) is 18.2. The summed E-state index contributed by atoms with van der Waals surface area (Å²) in [5, 5.41) is 0.299. The van der Waals surface area contributed by atoms with Gasteiger partial charge in [0.25, 0.3) is 11.8 Å². The average Bonchev–Trinajstić information content (AvgIpc) is 2.64. The number of methoxy groups -OCH3 is 2. The van der Waals surface area contributed by atoms with Gasteiger partial charge in [0.05, 0.1) is 24.8 Å². The minimum Gasteiger partial charge on any atom is -0.497 e. The highest BCUT2D eigenvalue weighted by molar-refractivity contribution is 6.33. The molecule has 130 valence electrons. The Morgan fingerprint density at radius 2 is 1.64 bits per heavy atom. The Hall–Kier alpha value is -2.99. The summed E-state index contributed by atoms with van der Waals surface area (Å²) in [5.74, 6) is 0.204. The van der Waals surface area contributed by atoms with Gasteiger partial charge < -0.3 is 9.47 Å². The summed E-state index contributed by atoms with van der Waals surface area (Å²) in [6, 6.07) is 11.8. The van der Waals surface area contributed by atoms with Crippen LogP contribution in [0.2, 0.25) is 5.02 Å². The van der Waals surface area contributed by atoms with Gasteiger partial charge in [-0.25, -0.2) is 0 Å². The van der Waals surface area contributed by atoms with E-state index >= 15 is 0 Å². The van der Waals surface area contributed by atoms with Crippen molar-refractivity contribution in [3.05, 3.63) is 64.7 Å². The van der Waals surface area contributed by atoms with Gasteiger partial charge in [-0.1, -0.05) is 23.7 Å². The molecule has 0 aromatic heterocycles. The van der Waals surface area contributed by atoms with Gasteiger partial charge in [-0.05, 0) is 35.9 Å². The highest BCUT2D eigenvalue weighted by atomic mass is 35.5. The van der Waals surface area contributed by atoms with Crippen LogP contribution in [0, 0.1) is 0 Å². The fourth-order valence-electron chi connectivity index (χ4n) is 1.97. The number of hydrogen-bond donors (Lipinski definition) is 2. The first-order valence-corrected chi connectivity index (χ1v) is 7.67. The van der Waals surface area contributed by atoms with Crippen LogP contribution in [0.15, 0.2) is 48.5 Å². The summed E-state index contributed by atoms with van der Waals surface area (Å²) in [6.45, 7) is 0. The van der Waals surface area contributed by atoms with Crippen molar-refractivity contribution in [2.75, 3.05) is 14.2 Å². The van der Waals surface area contributed by atoms with Gasteiger partial charge in [0.2, 0.25) is 0 Å². The normalized spacial score (nSPS) is 10.4. The van der Waals surface area contributed by atoms with Gasteiger partial charge in [-0.2, -0.15) is 0 Å². The van der Waals surface area contributed by atoms with E-state index in [1.165, 1.54) is 6.08 Å². The Balaban J connectivity index is 1.97. The summed E-state index contributed by atoms with van der Waals surface area (Å²) in [5.41, 5.74) is 5.57. The molecule has 0 saturated heterocycles. The Labute approximate surface area is 150 Å². The molecule has 0 aliphatic rings. The molecule has 2 N–H and O–H groups in total. The molecule has 0 aliphatic carbocycles. The molecule has 0 unspecified atom stereocenters. The van der Waals surface area contributed by atoms with Crippen LogP contribution >= 0.6 is 11.6 Å². The van der Waals surface area contributed by atoms with Gasteiger partial charge in [-0.15, -0.1) is 0 Å². The van der Waals surface area contributed by atoms with Crippen LogP contribution < -0.4 is 20.3 Å². The maximum absolute atomic E-state index is 11.9. The monoisotopic (exact) mass is 360 g/mol. The van der Waals surface area contributed by atoms with Gasteiger partial charge in [0.15, 0.2) is 0 Å². The third-order valence-electron chi connectivity index (χ3n) is 3.22.